The number of amides is 1. The maximum absolute atomic E-state index is 12.4. The summed E-state index contributed by atoms with van der Waals surface area (Å²) in [6, 6.07) is 22.1. The highest BCUT2D eigenvalue weighted by molar-refractivity contribution is 6.30. The Morgan fingerprint density at radius 2 is 1.76 bits per heavy atom. The fourth-order valence-corrected chi connectivity index (χ4v) is 2.49. The first-order valence-electron chi connectivity index (χ1n) is 7.59. The van der Waals surface area contributed by atoms with Crippen LogP contribution >= 0.6 is 11.6 Å². The molecule has 1 heterocycles. The lowest BCUT2D eigenvalue weighted by atomic mass is 10.2. The van der Waals surface area contributed by atoms with Gasteiger partial charge in [-0.2, -0.15) is 5.26 Å². The Morgan fingerprint density at radius 1 is 1.04 bits per heavy atom. The number of nitrogens with one attached hydrogen (secondary N) is 1. The molecule has 25 heavy (non-hydrogen) atoms. The number of halogens is 1. The molecule has 122 valence electrons. The third-order valence-corrected chi connectivity index (χ3v) is 3.83. The van der Waals surface area contributed by atoms with Crippen LogP contribution in [-0.4, -0.2) is 10.5 Å². The van der Waals surface area contributed by atoms with Gasteiger partial charge in [0.05, 0.1) is 0 Å². The van der Waals surface area contributed by atoms with E-state index in [0.29, 0.717) is 10.7 Å². The van der Waals surface area contributed by atoms with Crippen molar-refractivity contribution >= 4 is 29.3 Å². The standard InChI is InChI=1S/C20H14ClN3O/c21-16-8-10-17(11-9-16)23-20(25)15(14-22)13-19-7-4-12-24(19)18-5-2-1-3-6-18/h1-13H,(H,23,25)/b15-13-. The number of benzene rings is 2. The van der Waals surface area contributed by atoms with Crippen LogP contribution in [0.3, 0.4) is 0 Å². The molecule has 0 atom stereocenters. The molecule has 0 radical (unpaired) electrons. The van der Waals surface area contributed by atoms with Gasteiger partial charge in [-0.15, -0.1) is 0 Å². The van der Waals surface area contributed by atoms with E-state index >= 15 is 0 Å². The van der Waals surface area contributed by atoms with E-state index in [-0.39, 0.29) is 5.57 Å². The van der Waals surface area contributed by atoms with Crippen LogP contribution in [0.15, 0.2) is 78.5 Å². The highest BCUT2D eigenvalue weighted by atomic mass is 35.5. The second-order valence-electron chi connectivity index (χ2n) is 5.27. The van der Waals surface area contributed by atoms with E-state index < -0.39 is 5.91 Å². The molecule has 1 N–H and O–H groups in total. The van der Waals surface area contributed by atoms with Gasteiger partial charge in [-0.1, -0.05) is 29.8 Å². The third-order valence-electron chi connectivity index (χ3n) is 3.57. The molecule has 0 aliphatic carbocycles. The van der Waals surface area contributed by atoms with Gasteiger partial charge < -0.3 is 9.88 Å². The zero-order valence-electron chi connectivity index (χ0n) is 13.2. The molecule has 0 bridgehead atoms. The second kappa shape index (κ2) is 7.52. The number of para-hydroxylation sites is 1. The summed E-state index contributed by atoms with van der Waals surface area (Å²) in [7, 11) is 0. The predicted octanol–water partition coefficient (Wildman–Crippen LogP) is 4.68. The molecule has 3 aromatic rings. The van der Waals surface area contributed by atoms with E-state index in [9.17, 15) is 10.1 Å². The van der Waals surface area contributed by atoms with Gasteiger partial charge in [-0.05, 0) is 54.6 Å². The van der Waals surface area contributed by atoms with Crippen LogP contribution < -0.4 is 5.32 Å². The van der Waals surface area contributed by atoms with Crippen LogP contribution in [0, 0.1) is 11.3 Å². The summed E-state index contributed by atoms with van der Waals surface area (Å²) in [5.41, 5.74) is 2.29. The summed E-state index contributed by atoms with van der Waals surface area (Å²) in [6.07, 6.45) is 3.45. The minimum Gasteiger partial charge on any atom is -0.321 e. The normalized spacial score (nSPS) is 11.0. The zero-order valence-corrected chi connectivity index (χ0v) is 13.9. The molecular formula is C20H14ClN3O. The predicted molar refractivity (Wildman–Crippen MR) is 99.4 cm³/mol. The van der Waals surface area contributed by atoms with Gasteiger partial charge in [-0.3, -0.25) is 4.79 Å². The molecule has 5 heteroatoms. The van der Waals surface area contributed by atoms with Crippen molar-refractivity contribution in [3.8, 4) is 11.8 Å². The molecule has 3 rings (SSSR count). The molecule has 0 aliphatic rings. The van der Waals surface area contributed by atoms with Gasteiger partial charge in [0, 0.05) is 28.3 Å². The number of nitrogens with zero attached hydrogens (tertiary/aromatic N) is 2. The lowest BCUT2D eigenvalue weighted by Crippen LogP contribution is -2.13. The molecule has 0 unspecified atom stereocenters. The van der Waals surface area contributed by atoms with Crippen LogP contribution in [-0.2, 0) is 4.79 Å². The minimum absolute atomic E-state index is 0.0193. The Bertz CT molecular complexity index is 951. The minimum atomic E-state index is -0.467. The number of hydrogen-bond acceptors (Lipinski definition) is 2. The van der Waals surface area contributed by atoms with Crippen molar-refractivity contribution in [2.24, 2.45) is 0 Å². The molecule has 1 amide bonds. The van der Waals surface area contributed by atoms with E-state index in [1.807, 2.05) is 59.3 Å². The summed E-state index contributed by atoms with van der Waals surface area (Å²) in [5, 5.41) is 12.6. The van der Waals surface area contributed by atoms with Crippen molar-refractivity contribution < 1.29 is 4.79 Å². The van der Waals surface area contributed by atoms with Gasteiger partial charge in [0.15, 0.2) is 0 Å². The summed E-state index contributed by atoms with van der Waals surface area (Å²) >= 11 is 5.83. The lowest BCUT2D eigenvalue weighted by Gasteiger charge is -2.07. The summed E-state index contributed by atoms with van der Waals surface area (Å²) in [5.74, 6) is -0.467. The fourth-order valence-electron chi connectivity index (χ4n) is 2.36. The summed E-state index contributed by atoms with van der Waals surface area (Å²) in [4.78, 5) is 12.4. The van der Waals surface area contributed by atoms with Gasteiger partial charge in [0.1, 0.15) is 11.6 Å². The Balaban J connectivity index is 1.86. The van der Waals surface area contributed by atoms with Crippen molar-refractivity contribution in [3.05, 3.63) is 89.2 Å². The van der Waals surface area contributed by atoms with E-state index in [0.717, 1.165) is 11.4 Å². The van der Waals surface area contributed by atoms with E-state index in [1.165, 1.54) is 0 Å². The molecular weight excluding hydrogens is 334 g/mol. The van der Waals surface area contributed by atoms with E-state index in [2.05, 4.69) is 5.32 Å². The van der Waals surface area contributed by atoms with Gasteiger partial charge >= 0.3 is 0 Å². The number of carbonyl (C=O) groups excluding carboxylic acids is 1. The Labute approximate surface area is 150 Å². The smallest absolute Gasteiger partial charge is 0.266 e. The number of rotatable bonds is 4. The number of nitriles is 1. The van der Waals surface area contributed by atoms with E-state index in [1.54, 1.807) is 30.3 Å². The molecule has 0 aliphatic heterocycles. The van der Waals surface area contributed by atoms with Crippen molar-refractivity contribution in [3.63, 3.8) is 0 Å². The van der Waals surface area contributed by atoms with Crippen LogP contribution in [0.2, 0.25) is 5.02 Å². The van der Waals surface area contributed by atoms with E-state index in [4.69, 9.17) is 11.6 Å². The average molecular weight is 348 g/mol. The first-order valence-corrected chi connectivity index (χ1v) is 7.96. The van der Waals surface area contributed by atoms with Gasteiger partial charge in [0.25, 0.3) is 5.91 Å². The average Bonchev–Trinajstić information content (AvgIpc) is 3.10. The third kappa shape index (κ3) is 3.97. The molecule has 1 aromatic heterocycles. The molecule has 0 spiro atoms. The zero-order chi connectivity index (χ0) is 17.6. The van der Waals surface area contributed by atoms with Crippen molar-refractivity contribution in [2.45, 2.75) is 0 Å². The van der Waals surface area contributed by atoms with Crippen LogP contribution in [0.5, 0.6) is 0 Å². The van der Waals surface area contributed by atoms with Crippen molar-refractivity contribution in [1.29, 1.82) is 5.26 Å². The quantitative estimate of drug-likeness (QED) is 0.550. The lowest BCUT2D eigenvalue weighted by molar-refractivity contribution is -0.112. The topological polar surface area (TPSA) is 57.8 Å². The molecule has 2 aromatic carbocycles. The second-order valence-corrected chi connectivity index (χ2v) is 5.71. The largest absolute Gasteiger partial charge is 0.321 e. The highest BCUT2D eigenvalue weighted by Gasteiger charge is 2.11. The van der Waals surface area contributed by atoms with Crippen LogP contribution in [0.1, 0.15) is 5.69 Å². The first-order chi connectivity index (χ1) is 12.2. The Hall–Kier alpha value is -3.29. The molecule has 0 saturated heterocycles. The number of aromatic nitrogens is 1. The Kier molecular flexibility index (Phi) is 4.98. The molecule has 4 nitrogen and oxygen atoms in total. The van der Waals surface area contributed by atoms with Crippen LogP contribution in [0.4, 0.5) is 5.69 Å². The maximum Gasteiger partial charge on any atom is 0.266 e. The van der Waals surface area contributed by atoms with Crippen LogP contribution in [0.25, 0.3) is 11.8 Å². The SMILES string of the molecule is N#C/C(=C/c1cccn1-c1ccccc1)C(=O)Nc1ccc(Cl)cc1. The summed E-state index contributed by atoms with van der Waals surface area (Å²) in [6.45, 7) is 0. The van der Waals surface area contributed by atoms with Crippen molar-refractivity contribution in [1.82, 2.24) is 4.57 Å². The number of carbonyl (C=O) groups is 1. The monoisotopic (exact) mass is 347 g/mol. The van der Waals surface area contributed by atoms with Crippen molar-refractivity contribution in [2.75, 3.05) is 5.32 Å². The molecule has 0 saturated carbocycles. The summed E-state index contributed by atoms with van der Waals surface area (Å²) < 4.78 is 1.91. The number of anilines is 1. The number of hydrogen-bond donors (Lipinski definition) is 1. The fraction of sp³-hybridized carbons (Fsp3) is 0. The van der Waals surface area contributed by atoms with Gasteiger partial charge in [-0.25, -0.2) is 0 Å². The highest BCUT2D eigenvalue weighted by Crippen LogP contribution is 2.17. The Morgan fingerprint density at radius 3 is 2.44 bits per heavy atom. The molecule has 0 fully saturated rings. The maximum atomic E-state index is 12.4. The first kappa shape index (κ1) is 16.6. The van der Waals surface area contributed by atoms with Gasteiger partial charge in [0.2, 0.25) is 0 Å².